The van der Waals surface area contributed by atoms with Crippen LogP contribution < -0.4 is 14.2 Å². The Bertz CT molecular complexity index is 661. The highest BCUT2D eigenvalue weighted by Crippen LogP contribution is 2.35. The van der Waals surface area contributed by atoms with Crippen molar-refractivity contribution < 1.29 is 27.8 Å². The van der Waals surface area contributed by atoms with Crippen molar-refractivity contribution in [1.82, 2.24) is 4.72 Å². The Morgan fingerprint density at radius 2 is 1.87 bits per heavy atom. The summed E-state index contributed by atoms with van der Waals surface area (Å²) in [5.41, 5.74) is 0. The fourth-order valence-electron chi connectivity index (χ4n) is 1.93. The normalized spacial score (nSPS) is 12.7. The Kier molecular flexibility index (Phi) is 7.11. The van der Waals surface area contributed by atoms with Crippen LogP contribution in [0.15, 0.2) is 17.0 Å². The van der Waals surface area contributed by atoms with Gasteiger partial charge in [-0.3, -0.25) is 4.79 Å². The minimum absolute atomic E-state index is 0.0882. The summed E-state index contributed by atoms with van der Waals surface area (Å²) in [5.74, 6) is -0.784. The number of carboxylic acid groups (broad SMARTS) is 1. The lowest BCUT2D eigenvalue weighted by molar-refractivity contribution is -0.139. The Labute approximate surface area is 140 Å². The van der Waals surface area contributed by atoms with Gasteiger partial charge in [-0.1, -0.05) is 31.4 Å². The molecule has 1 unspecified atom stereocenters. The van der Waals surface area contributed by atoms with Gasteiger partial charge in [0.25, 0.3) is 0 Å². The molecule has 1 aromatic carbocycles. The first-order valence-electron chi connectivity index (χ1n) is 6.93. The summed E-state index contributed by atoms with van der Waals surface area (Å²) < 4.78 is 37.1. The third-order valence-electron chi connectivity index (χ3n) is 3.17. The lowest BCUT2D eigenvalue weighted by atomic mass is 10.1. The zero-order chi connectivity index (χ0) is 17.6. The largest absolute Gasteiger partial charge is 0.493 e. The molecular formula is C14H20ClNO6S. The fraction of sp³-hybridized carbons (Fsp3) is 0.500. The molecule has 0 aliphatic rings. The van der Waals surface area contributed by atoms with Gasteiger partial charge in [0.15, 0.2) is 11.5 Å². The predicted octanol–water partition coefficient (Wildman–Crippen LogP) is 2.28. The highest BCUT2D eigenvalue weighted by Gasteiger charge is 2.28. The zero-order valence-electron chi connectivity index (χ0n) is 13.1. The molecule has 0 saturated heterocycles. The van der Waals surface area contributed by atoms with Crippen molar-refractivity contribution in [3.05, 3.63) is 17.2 Å². The molecule has 130 valence electrons. The molecule has 1 aromatic rings. The van der Waals surface area contributed by atoms with Crippen LogP contribution >= 0.6 is 11.6 Å². The van der Waals surface area contributed by atoms with E-state index in [1.807, 2.05) is 6.92 Å². The number of sulfonamides is 1. The molecule has 0 aromatic heterocycles. The summed E-state index contributed by atoms with van der Waals surface area (Å²) in [7, 11) is -1.37. The van der Waals surface area contributed by atoms with Crippen LogP contribution in [-0.2, 0) is 14.8 Å². The van der Waals surface area contributed by atoms with Crippen LogP contribution in [0.3, 0.4) is 0 Å². The molecule has 0 aliphatic carbocycles. The third kappa shape index (κ3) is 4.98. The topological polar surface area (TPSA) is 102 Å². The number of halogens is 1. The molecule has 7 nitrogen and oxygen atoms in total. The van der Waals surface area contributed by atoms with Gasteiger partial charge in [0, 0.05) is 12.1 Å². The summed E-state index contributed by atoms with van der Waals surface area (Å²) in [4.78, 5) is 11.0. The molecule has 0 aliphatic heterocycles. The van der Waals surface area contributed by atoms with Gasteiger partial charge in [-0.15, -0.1) is 0 Å². The number of rotatable bonds is 9. The Morgan fingerprint density at radius 1 is 1.30 bits per heavy atom. The number of aliphatic carboxylic acids is 1. The third-order valence-corrected chi connectivity index (χ3v) is 5.11. The van der Waals surface area contributed by atoms with Crippen molar-refractivity contribution in [1.29, 1.82) is 0 Å². The van der Waals surface area contributed by atoms with Crippen LogP contribution in [-0.4, -0.2) is 39.8 Å². The lowest BCUT2D eigenvalue weighted by Crippen LogP contribution is -2.40. The maximum Gasteiger partial charge on any atom is 0.321 e. The molecule has 1 atom stereocenters. The maximum atomic E-state index is 12.4. The molecule has 1 rings (SSSR count). The molecule has 0 fully saturated rings. The molecule has 0 spiro atoms. The maximum absolute atomic E-state index is 12.4. The average molecular weight is 366 g/mol. The lowest BCUT2D eigenvalue weighted by Gasteiger charge is -2.16. The number of methoxy groups -OCH3 is 2. The van der Waals surface area contributed by atoms with E-state index in [1.165, 1.54) is 26.4 Å². The van der Waals surface area contributed by atoms with Crippen LogP contribution in [0.1, 0.15) is 26.2 Å². The fourth-order valence-corrected chi connectivity index (χ4v) is 3.69. The van der Waals surface area contributed by atoms with Crippen molar-refractivity contribution in [3.63, 3.8) is 0 Å². The monoisotopic (exact) mass is 365 g/mol. The second kappa shape index (κ2) is 8.37. The van der Waals surface area contributed by atoms with Crippen LogP contribution in [0.25, 0.3) is 0 Å². The van der Waals surface area contributed by atoms with Crippen LogP contribution in [0.4, 0.5) is 0 Å². The van der Waals surface area contributed by atoms with Crippen molar-refractivity contribution in [3.8, 4) is 11.5 Å². The van der Waals surface area contributed by atoms with Gasteiger partial charge in [-0.25, -0.2) is 8.42 Å². The number of unbranched alkanes of at least 4 members (excludes halogenated alkanes) is 1. The van der Waals surface area contributed by atoms with E-state index >= 15 is 0 Å². The van der Waals surface area contributed by atoms with E-state index in [-0.39, 0.29) is 27.8 Å². The van der Waals surface area contributed by atoms with Crippen molar-refractivity contribution in [2.75, 3.05) is 14.2 Å². The van der Waals surface area contributed by atoms with Crippen molar-refractivity contribution >= 4 is 27.6 Å². The summed E-state index contributed by atoms with van der Waals surface area (Å²) in [6.45, 7) is 1.89. The van der Waals surface area contributed by atoms with Gasteiger partial charge < -0.3 is 14.6 Å². The minimum atomic E-state index is -4.12. The second-order valence-electron chi connectivity index (χ2n) is 4.79. The first-order valence-corrected chi connectivity index (χ1v) is 8.79. The van der Waals surface area contributed by atoms with Gasteiger partial charge >= 0.3 is 5.97 Å². The molecule has 0 radical (unpaired) electrons. The van der Waals surface area contributed by atoms with E-state index in [0.717, 1.165) is 6.42 Å². The highest BCUT2D eigenvalue weighted by molar-refractivity contribution is 7.89. The molecule has 2 N–H and O–H groups in total. The Balaban J connectivity index is 3.19. The number of hydrogen-bond donors (Lipinski definition) is 2. The summed E-state index contributed by atoms with van der Waals surface area (Å²) >= 11 is 5.99. The molecule has 23 heavy (non-hydrogen) atoms. The standard InChI is InChI=1S/C14H20ClNO6S/c1-4-5-6-10(14(17)18)16-23(19,20)13-8-12(22-3)11(21-2)7-9(13)15/h7-8,10,16H,4-6H2,1-3H3,(H,17,18). The molecule has 0 bridgehead atoms. The molecule has 0 heterocycles. The van der Waals surface area contributed by atoms with Gasteiger partial charge in [0.1, 0.15) is 10.9 Å². The van der Waals surface area contributed by atoms with E-state index in [9.17, 15) is 13.2 Å². The minimum Gasteiger partial charge on any atom is -0.493 e. The number of benzene rings is 1. The number of carboxylic acids is 1. The number of hydrogen-bond acceptors (Lipinski definition) is 5. The molecule has 0 amide bonds. The smallest absolute Gasteiger partial charge is 0.321 e. The molecule has 9 heteroatoms. The molecular weight excluding hydrogens is 346 g/mol. The summed E-state index contributed by atoms with van der Waals surface area (Å²) in [6.07, 6.45) is 1.53. The quantitative estimate of drug-likeness (QED) is 0.696. The van der Waals surface area contributed by atoms with Crippen LogP contribution in [0.2, 0.25) is 5.02 Å². The highest BCUT2D eigenvalue weighted by atomic mass is 35.5. The number of carbonyl (C=O) groups is 1. The average Bonchev–Trinajstić information content (AvgIpc) is 2.50. The molecule has 0 saturated carbocycles. The van der Waals surface area contributed by atoms with Crippen LogP contribution in [0, 0.1) is 0 Å². The second-order valence-corrected chi connectivity index (χ2v) is 6.88. The van der Waals surface area contributed by atoms with Gasteiger partial charge in [-0.2, -0.15) is 4.72 Å². The summed E-state index contributed by atoms with van der Waals surface area (Å²) in [6, 6.07) is 1.28. The Morgan fingerprint density at radius 3 is 2.35 bits per heavy atom. The predicted molar refractivity (Wildman–Crippen MR) is 85.8 cm³/mol. The van der Waals surface area contributed by atoms with E-state index in [2.05, 4.69) is 4.72 Å². The summed E-state index contributed by atoms with van der Waals surface area (Å²) in [5, 5.41) is 9.07. The number of nitrogens with one attached hydrogen (secondary N) is 1. The van der Waals surface area contributed by atoms with Crippen molar-refractivity contribution in [2.45, 2.75) is 37.1 Å². The van der Waals surface area contributed by atoms with E-state index in [0.29, 0.717) is 6.42 Å². The van der Waals surface area contributed by atoms with E-state index < -0.39 is 22.0 Å². The van der Waals surface area contributed by atoms with Gasteiger partial charge in [0.2, 0.25) is 10.0 Å². The van der Waals surface area contributed by atoms with Gasteiger partial charge in [-0.05, 0) is 6.42 Å². The zero-order valence-corrected chi connectivity index (χ0v) is 14.7. The van der Waals surface area contributed by atoms with E-state index in [4.69, 9.17) is 26.2 Å². The first kappa shape index (κ1) is 19.5. The SMILES string of the molecule is CCCCC(NS(=O)(=O)c1cc(OC)c(OC)cc1Cl)C(=O)O. The Hall–Kier alpha value is -1.51. The van der Waals surface area contributed by atoms with E-state index in [1.54, 1.807) is 0 Å². The number of ether oxygens (including phenoxy) is 2. The van der Waals surface area contributed by atoms with Crippen LogP contribution in [0.5, 0.6) is 11.5 Å². The van der Waals surface area contributed by atoms with Crippen molar-refractivity contribution in [2.24, 2.45) is 0 Å². The van der Waals surface area contributed by atoms with Gasteiger partial charge in [0.05, 0.1) is 19.2 Å². The first-order chi connectivity index (χ1) is 10.8.